The summed E-state index contributed by atoms with van der Waals surface area (Å²) in [7, 11) is 0. The summed E-state index contributed by atoms with van der Waals surface area (Å²) in [4.78, 5) is 12.4. The van der Waals surface area contributed by atoms with E-state index in [4.69, 9.17) is 9.15 Å². The standard InChI is InChI=1S/C20H20O4/c1-3-4-9-23-18-12-16-14(10-13(18)2)11-19(24-20(16)22)15-7-5-6-8-17(15)21/h5-8,10-12,21H,3-4,9H2,1-2H3. The first kappa shape index (κ1) is 16.1. The van der Waals surface area contributed by atoms with Crippen molar-refractivity contribution >= 4 is 10.8 Å². The summed E-state index contributed by atoms with van der Waals surface area (Å²) < 4.78 is 11.2. The van der Waals surface area contributed by atoms with E-state index >= 15 is 0 Å². The van der Waals surface area contributed by atoms with Crippen molar-refractivity contribution in [2.45, 2.75) is 26.7 Å². The van der Waals surface area contributed by atoms with Gasteiger partial charge in [0.25, 0.3) is 0 Å². The normalized spacial score (nSPS) is 10.9. The van der Waals surface area contributed by atoms with Gasteiger partial charge in [0.05, 0.1) is 17.6 Å². The molecule has 0 amide bonds. The Morgan fingerprint density at radius 3 is 2.71 bits per heavy atom. The molecule has 0 radical (unpaired) electrons. The van der Waals surface area contributed by atoms with Crippen molar-refractivity contribution < 1.29 is 14.3 Å². The second kappa shape index (κ2) is 6.79. The van der Waals surface area contributed by atoms with Crippen molar-refractivity contribution in [2.24, 2.45) is 0 Å². The molecule has 4 nitrogen and oxygen atoms in total. The average Bonchev–Trinajstić information content (AvgIpc) is 2.56. The van der Waals surface area contributed by atoms with Gasteiger partial charge in [-0.25, -0.2) is 4.79 Å². The molecule has 0 fully saturated rings. The summed E-state index contributed by atoms with van der Waals surface area (Å²) in [5.41, 5.74) is 1.02. The lowest BCUT2D eigenvalue weighted by Gasteiger charge is -2.10. The number of benzene rings is 2. The fourth-order valence-electron chi connectivity index (χ4n) is 2.63. The van der Waals surface area contributed by atoms with E-state index in [2.05, 4.69) is 6.92 Å². The minimum absolute atomic E-state index is 0.0799. The maximum atomic E-state index is 12.4. The minimum atomic E-state index is -0.439. The Bertz CT molecular complexity index is 925. The van der Waals surface area contributed by atoms with Crippen LogP contribution in [-0.4, -0.2) is 11.7 Å². The molecule has 4 heteroatoms. The van der Waals surface area contributed by atoms with Crippen LogP contribution in [0.25, 0.3) is 22.1 Å². The molecule has 1 aromatic heterocycles. The summed E-state index contributed by atoms with van der Waals surface area (Å²) in [6.07, 6.45) is 2.02. The number of aryl methyl sites for hydroxylation is 1. The number of phenols is 1. The van der Waals surface area contributed by atoms with Gasteiger partial charge in [-0.05, 0) is 54.6 Å². The van der Waals surface area contributed by atoms with Gasteiger partial charge in [-0.3, -0.25) is 0 Å². The third-order valence-corrected chi connectivity index (χ3v) is 3.98. The highest BCUT2D eigenvalue weighted by atomic mass is 16.5. The number of para-hydroxylation sites is 1. The van der Waals surface area contributed by atoms with E-state index in [-0.39, 0.29) is 5.75 Å². The molecule has 2 aromatic carbocycles. The monoisotopic (exact) mass is 324 g/mol. The molecule has 0 bridgehead atoms. The highest BCUT2D eigenvalue weighted by Gasteiger charge is 2.12. The van der Waals surface area contributed by atoms with Crippen molar-refractivity contribution in [3.8, 4) is 22.8 Å². The summed E-state index contributed by atoms with van der Waals surface area (Å²) >= 11 is 0. The molecule has 124 valence electrons. The van der Waals surface area contributed by atoms with Crippen molar-refractivity contribution in [1.82, 2.24) is 0 Å². The Morgan fingerprint density at radius 1 is 1.17 bits per heavy atom. The fourth-order valence-corrected chi connectivity index (χ4v) is 2.63. The van der Waals surface area contributed by atoms with Gasteiger partial charge < -0.3 is 14.3 Å². The topological polar surface area (TPSA) is 59.7 Å². The molecule has 0 aliphatic rings. The van der Waals surface area contributed by atoms with E-state index in [9.17, 15) is 9.90 Å². The van der Waals surface area contributed by atoms with E-state index in [1.807, 2.05) is 13.0 Å². The molecule has 3 rings (SSSR count). The van der Waals surface area contributed by atoms with Gasteiger partial charge in [0.1, 0.15) is 17.3 Å². The summed E-state index contributed by atoms with van der Waals surface area (Å²) in [5.74, 6) is 1.14. The molecular weight excluding hydrogens is 304 g/mol. The first-order valence-corrected chi connectivity index (χ1v) is 8.10. The van der Waals surface area contributed by atoms with Gasteiger partial charge in [-0.15, -0.1) is 0 Å². The largest absolute Gasteiger partial charge is 0.507 e. The number of fused-ring (bicyclic) bond motifs is 1. The predicted molar refractivity (Wildman–Crippen MR) is 94.7 cm³/mol. The van der Waals surface area contributed by atoms with E-state index in [1.165, 1.54) is 0 Å². The van der Waals surface area contributed by atoms with Crippen molar-refractivity contribution in [1.29, 1.82) is 0 Å². The molecule has 0 spiro atoms. The van der Waals surface area contributed by atoms with Crippen LogP contribution in [0.3, 0.4) is 0 Å². The van der Waals surface area contributed by atoms with E-state index in [1.54, 1.807) is 36.4 Å². The summed E-state index contributed by atoms with van der Waals surface area (Å²) in [5, 5.41) is 11.2. The average molecular weight is 324 g/mol. The van der Waals surface area contributed by atoms with Gasteiger partial charge >= 0.3 is 5.63 Å². The van der Waals surface area contributed by atoms with Crippen LogP contribution in [0.15, 0.2) is 51.7 Å². The van der Waals surface area contributed by atoms with Crippen molar-refractivity contribution in [2.75, 3.05) is 6.61 Å². The molecule has 0 unspecified atom stereocenters. The number of phenolic OH excluding ortho intramolecular Hbond substituents is 1. The van der Waals surface area contributed by atoms with Crippen LogP contribution < -0.4 is 10.4 Å². The zero-order valence-electron chi connectivity index (χ0n) is 13.8. The number of rotatable bonds is 5. The van der Waals surface area contributed by atoms with Gasteiger partial charge in [-0.1, -0.05) is 25.5 Å². The highest BCUT2D eigenvalue weighted by molar-refractivity contribution is 5.87. The van der Waals surface area contributed by atoms with Crippen molar-refractivity contribution in [3.05, 3.63) is 58.4 Å². The quantitative estimate of drug-likeness (QED) is 0.694. The van der Waals surface area contributed by atoms with E-state index in [0.717, 1.165) is 23.8 Å². The Kier molecular flexibility index (Phi) is 4.56. The lowest BCUT2D eigenvalue weighted by molar-refractivity contribution is 0.307. The Labute approximate surface area is 140 Å². The molecule has 24 heavy (non-hydrogen) atoms. The maximum absolute atomic E-state index is 12.4. The minimum Gasteiger partial charge on any atom is -0.507 e. The van der Waals surface area contributed by atoms with Crippen LogP contribution in [0.1, 0.15) is 25.3 Å². The van der Waals surface area contributed by atoms with Crippen LogP contribution in [0.5, 0.6) is 11.5 Å². The third-order valence-electron chi connectivity index (χ3n) is 3.98. The van der Waals surface area contributed by atoms with E-state index in [0.29, 0.717) is 29.1 Å². The maximum Gasteiger partial charge on any atom is 0.344 e. The fraction of sp³-hybridized carbons (Fsp3) is 0.250. The van der Waals surface area contributed by atoms with Gasteiger partial charge in [0.2, 0.25) is 0 Å². The van der Waals surface area contributed by atoms with Gasteiger partial charge in [0.15, 0.2) is 0 Å². The Balaban J connectivity index is 2.08. The molecule has 0 saturated carbocycles. The number of ether oxygens (including phenoxy) is 1. The zero-order chi connectivity index (χ0) is 17.1. The predicted octanol–water partition coefficient (Wildman–Crippen LogP) is 4.65. The number of aromatic hydroxyl groups is 1. The van der Waals surface area contributed by atoms with Crippen LogP contribution in [0.2, 0.25) is 0 Å². The number of unbranched alkanes of at least 4 members (excludes halogenated alkanes) is 1. The van der Waals surface area contributed by atoms with Crippen molar-refractivity contribution in [3.63, 3.8) is 0 Å². The smallest absolute Gasteiger partial charge is 0.344 e. The molecule has 3 aromatic rings. The molecular formula is C20H20O4. The molecule has 0 aliphatic heterocycles. The van der Waals surface area contributed by atoms with Gasteiger partial charge in [0, 0.05) is 0 Å². The lowest BCUT2D eigenvalue weighted by Crippen LogP contribution is -2.03. The highest BCUT2D eigenvalue weighted by Crippen LogP contribution is 2.31. The number of hydrogen-bond donors (Lipinski definition) is 1. The molecule has 0 saturated heterocycles. The molecule has 0 aliphatic carbocycles. The molecule has 1 N–H and O–H groups in total. The Hall–Kier alpha value is -2.75. The summed E-state index contributed by atoms with van der Waals surface area (Å²) in [6, 6.07) is 12.2. The first-order chi connectivity index (χ1) is 11.6. The van der Waals surface area contributed by atoms with Gasteiger partial charge in [-0.2, -0.15) is 0 Å². The van der Waals surface area contributed by atoms with E-state index < -0.39 is 5.63 Å². The van der Waals surface area contributed by atoms with Crippen LogP contribution >= 0.6 is 0 Å². The molecule has 0 atom stereocenters. The second-order valence-electron chi connectivity index (χ2n) is 5.82. The van der Waals surface area contributed by atoms with Crippen LogP contribution in [0, 0.1) is 6.92 Å². The SMILES string of the molecule is CCCCOc1cc2c(=O)oc(-c3ccccc3O)cc2cc1C. The van der Waals surface area contributed by atoms with Crippen LogP contribution in [-0.2, 0) is 0 Å². The summed E-state index contributed by atoms with van der Waals surface area (Å²) in [6.45, 7) is 4.69. The third kappa shape index (κ3) is 3.13. The van der Waals surface area contributed by atoms with Crippen LogP contribution in [0.4, 0.5) is 0 Å². The lowest BCUT2D eigenvalue weighted by atomic mass is 10.1. The Morgan fingerprint density at radius 2 is 1.96 bits per heavy atom. The number of hydrogen-bond acceptors (Lipinski definition) is 4. The molecule has 1 heterocycles. The second-order valence-corrected chi connectivity index (χ2v) is 5.82. The zero-order valence-corrected chi connectivity index (χ0v) is 13.8. The first-order valence-electron chi connectivity index (χ1n) is 8.10.